The number of fused-ring (bicyclic) bond motifs is 2. The minimum atomic E-state index is -1.01. The van der Waals surface area contributed by atoms with E-state index in [4.69, 9.17) is 14.2 Å². The minimum Gasteiger partial charge on any atom is -0.392 e. The highest BCUT2D eigenvalue weighted by atomic mass is 16.5. The molecule has 1 spiro atoms. The maximum Gasteiger partial charge on any atom is 0.229 e. The average Bonchev–Trinajstić information content (AvgIpc) is 3.11. The van der Waals surface area contributed by atoms with Crippen LogP contribution in [0.3, 0.4) is 0 Å². The summed E-state index contributed by atoms with van der Waals surface area (Å²) in [5, 5.41) is 26.8. The Morgan fingerprint density at radius 2 is 1.97 bits per heavy atom. The van der Waals surface area contributed by atoms with Crippen molar-refractivity contribution in [2.75, 3.05) is 27.9 Å². The summed E-state index contributed by atoms with van der Waals surface area (Å²) in [4.78, 5) is 13.4. The monoisotopic (exact) mass is 407 g/mol. The first-order valence-corrected chi connectivity index (χ1v) is 11.2. The van der Waals surface area contributed by atoms with E-state index in [1.165, 1.54) is 0 Å². The van der Waals surface area contributed by atoms with E-state index in [0.717, 1.165) is 25.7 Å². The predicted molar refractivity (Wildman–Crippen MR) is 102 cm³/mol. The van der Waals surface area contributed by atoms with Crippen molar-refractivity contribution in [2.45, 2.75) is 62.1 Å². The van der Waals surface area contributed by atoms with Gasteiger partial charge in [-0.25, -0.2) is 0 Å². The summed E-state index contributed by atoms with van der Waals surface area (Å²) in [5.41, 5.74) is -1.83. The Labute approximate surface area is 171 Å². The van der Waals surface area contributed by atoms with Crippen molar-refractivity contribution in [1.29, 1.82) is 0 Å². The summed E-state index contributed by atoms with van der Waals surface area (Å²) in [6.07, 6.45) is 3.04. The molecule has 12 atom stereocenters. The van der Waals surface area contributed by atoms with Crippen LogP contribution in [-0.4, -0.2) is 74.0 Å². The van der Waals surface area contributed by atoms with Crippen LogP contribution in [-0.2, 0) is 19.0 Å². The number of hydrogen-bond acceptors (Lipinski definition) is 6. The van der Waals surface area contributed by atoms with Crippen molar-refractivity contribution in [1.82, 2.24) is 5.32 Å². The Hall–Kier alpha value is -0.730. The fourth-order valence-corrected chi connectivity index (χ4v) is 9.80. The van der Waals surface area contributed by atoms with Gasteiger partial charge in [0, 0.05) is 57.0 Å². The van der Waals surface area contributed by atoms with Gasteiger partial charge in [0.05, 0.1) is 35.9 Å². The van der Waals surface area contributed by atoms with E-state index < -0.39 is 17.1 Å². The van der Waals surface area contributed by atoms with Gasteiger partial charge >= 0.3 is 0 Å². The molecule has 7 nitrogen and oxygen atoms in total. The molecule has 7 heteroatoms. The third kappa shape index (κ3) is 1.80. The minimum absolute atomic E-state index is 0.0233. The first kappa shape index (κ1) is 19.0. The SMILES string of the molecule is COC[C@@]12CC[C@H](OC)[C@@]34[C@@H]5C[C@H]6[C@H](O)[C@@H]5[C@](O)(C[C@@H]6OC)[C@@H](C[C@H]13)[C@@H]4NC2=O. The largest absolute Gasteiger partial charge is 0.392 e. The van der Waals surface area contributed by atoms with Crippen LogP contribution >= 0.6 is 0 Å². The first-order chi connectivity index (χ1) is 13.9. The molecule has 5 aliphatic carbocycles. The zero-order valence-electron chi connectivity index (χ0n) is 17.5. The van der Waals surface area contributed by atoms with Gasteiger partial charge in [-0.3, -0.25) is 4.79 Å². The van der Waals surface area contributed by atoms with Crippen molar-refractivity contribution in [2.24, 2.45) is 40.4 Å². The third-order valence-corrected chi connectivity index (χ3v) is 10.5. The summed E-state index contributed by atoms with van der Waals surface area (Å²) in [6, 6.07) is -0.108. The molecule has 6 fully saturated rings. The van der Waals surface area contributed by atoms with E-state index in [1.54, 1.807) is 21.3 Å². The molecule has 0 radical (unpaired) electrons. The first-order valence-electron chi connectivity index (χ1n) is 11.2. The van der Waals surface area contributed by atoms with Crippen LogP contribution in [0.2, 0.25) is 0 Å². The zero-order chi connectivity index (χ0) is 20.3. The van der Waals surface area contributed by atoms with Crippen molar-refractivity contribution in [3.63, 3.8) is 0 Å². The molecule has 29 heavy (non-hydrogen) atoms. The average molecular weight is 408 g/mol. The Kier molecular flexibility index (Phi) is 3.76. The number of methoxy groups -OCH3 is 3. The number of aliphatic hydroxyl groups excluding tert-OH is 1. The number of carbonyl (C=O) groups excluding carboxylic acids is 1. The lowest BCUT2D eigenvalue weighted by Crippen LogP contribution is -2.77. The third-order valence-electron chi connectivity index (χ3n) is 10.5. The molecule has 6 rings (SSSR count). The van der Waals surface area contributed by atoms with E-state index in [1.807, 2.05) is 0 Å². The van der Waals surface area contributed by atoms with Crippen LogP contribution in [0.25, 0.3) is 0 Å². The molecule has 0 aromatic rings. The van der Waals surface area contributed by atoms with Crippen molar-refractivity contribution < 1.29 is 29.2 Å². The molecule has 0 unspecified atom stereocenters. The topological polar surface area (TPSA) is 97.2 Å². The van der Waals surface area contributed by atoms with Crippen LogP contribution in [0.15, 0.2) is 0 Å². The second-order valence-electron chi connectivity index (χ2n) is 10.7. The molecular weight excluding hydrogens is 374 g/mol. The number of nitrogens with one attached hydrogen (secondary N) is 1. The molecule has 3 N–H and O–H groups in total. The van der Waals surface area contributed by atoms with Gasteiger partial charge < -0.3 is 29.7 Å². The summed E-state index contributed by atoms with van der Waals surface area (Å²) < 4.78 is 17.5. The highest BCUT2D eigenvalue weighted by molar-refractivity contribution is 5.86. The van der Waals surface area contributed by atoms with Gasteiger partial charge in [-0.05, 0) is 37.5 Å². The van der Waals surface area contributed by atoms with Gasteiger partial charge in [0.1, 0.15) is 0 Å². The maximum atomic E-state index is 13.4. The lowest BCUT2D eigenvalue weighted by molar-refractivity contribution is -0.247. The van der Waals surface area contributed by atoms with Gasteiger partial charge in [0.25, 0.3) is 0 Å². The van der Waals surface area contributed by atoms with Crippen LogP contribution in [0.1, 0.15) is 32.1 Å². The van der Waals surface area contributed by atoms with Gasteiger partial charge in [0.2, 0.25) is 5.91 Å². The molecule has 1 heterocycles. The molecule has 1 saturated heterocycles. The highest BCUT2D eigenvalue weighted by Crippen LogP contribution is 2.77. The molecule has 6 aliphatic rings. The van der Waals surface area contributed by atoms with Crippen molar-refractivity contribution in [3.8, 4) is 0 Å². The second-order valence-corrected chi connectivity index (χ2v) is 10.7. The lowest BCUT2D eigenvalue weighted by Gasteiger charge is -2.66. The van der Waals surface area contributed by atoms with Gasteiger partial charge in [-0.15, -0.1) is 0 Å². The number of amides is 1. The predicted octanol–water partition coefficient (Wildman–Crippen LogP) is 0.326. The Morgan fingerprint density at radius 3 is 2.66 bits per heavy atom. The Balaban J connectivity index is 1.57. The van der Waals surface area contributed by atoms with Crippen molar-refractivity contribution in [3.05, 3.63) is 0 Å². The van der Waals surface area contributed by atoms with E-state index in [-0.39, 0.29) is 59.2 Å². The van der Waals surface area contributed by atoms with Crippen LogP contribution < -0.4 is 5.32 Å². The highest BCUT2D eigenvalue weighted by Gasteiger charge is 2.84. The number of aliphatic hydroxyl groups is 2. The number of carbonyl (C=O) groups is 1. The Morgan fingerprint density at radius 1 is 1.17 bits per heavy atom. The number of ether oxygens (including phenoxy) is 3. The quantitative estimate of drug-likeness (QED) is 0.621. The van der Waals surface area contributed by atoms with E-state index in [0.29, 0.717) is 13.0 Å². The second kappa shape index (κ2) is 5.74. The van der Waals surface area contributed by atoms with Gasteiger partial charge in [-0.2, -0.15) is 0 Å². The van der Waals surface area contributed by atoms with E-state index >= 15 is 0 Å². The number of hydrogen-bond donors (Lipinski definition) is 3. The molecule has 1 amide bonds. The van der Waals surface area contributed by atoms with E-state index in [9.17, 15) is 15.0 Å². The molecular formula is C22H33NO6. The molecule has 5 saturated carbocycles. The van der Waals surface area contributed by atoms with Crippen LogP contribution in [0, 0.1) is 40.4 Å². The fraction of sp³-hybridized carbons (Fsp3) is 0.955. The summed E-state index contributed by atoms with van der Waals surface area (Å²) in [6.45, 7) is 0.406. The molecule has 7 bridgehead atoms. The standard InChI is InChI=1S/C22H33NO6/c1-27-9-20-5-4-15(29-3)22-11-6-10-13(28-2)8-21(26,16(11)17(10)24)12(7-14(20)22)18(22)23-19(20)25/h10-18,24,26H,4-9H2,1-3H3,(H,23,25)/t10-,11-,12+,13+,14-,15+,16-,17+,18+,20+,21+,22-/m1/s1. The van der Waals surface area contributed by atoms with E-state index in [2.05, 4.69) is 5.32 Å². The fourth-order valence-electron chi connectivity index (χ4n) is 9.80. The normalized spacial score (nSPS) is 61.6. The maximum absolute atomic E-state index is 13.4. The van der Waals surface area contributed by atoms with Crippen LogP contribution in [0.4, 0.5) is 0 Å². The van der Waals surface area contributed by atoms with Gasteiger partial charge in [0.15, 0.2) is 0 Å². The summed E-state index contributed by atoms with van der Waals surface area (Å²) in [7, 11) is 5.14. The van der Waals surface area contributed by atoms with Crippen LogP contribution in [0.5, 0.6) is 0 Å². The molecule has 1 aliphatic heterocycles. The number of rotatable bonds is 4. The lowest BCUT2D eigenvalue weighted by atomic mass is 9.43. The Bertz CT molecular complexity index is 747. The van der Waals surface area contributed by atoms with Crippen molar-refractivity contribution >= 4 is 5.91 Å². The number of piperidine rings is 1. The molecule has 162 valence electrons. The molecule has 0 aromatic heterocycles. The zero-order valence-corrected chi connectivity index (χ0v) is 17.5. The smallest absolute Gasteiger partial charge is 0.229 e. The molecule has 0 aromatic carbocycles. The van der Waals surface area contributed by atoms with Gasteiger partial charge in [-0.1, -0.05) is 0 Å². The summed E-state index contributed by atoms with van der Waals surface area (Å²) >= 11 is 0. The summed E-state index contributed by atoms with van der Waals surface area (Å²) in [5.74, 6) is 0.0966.